The van der Waals surface area contributed by atoms with Crippen LogP contribution < -0.4 is 4.74 Å². The molecule has 0 aliphatic rings. The van der Waals surface area contributed by atoms with Crippen LogP contribution in [0.15, 0.2) is 42.7 Å². The molecule has 0 atom stereocenters. The molecule has 0 radical (unpaired) electrons. The van der Waals surface area contributed by atoms with Crippen LogP contribution in [0.2, 0.25) is 0 Å². The van der Waals surface area contributed by atoms with Gasteiger partial charge in [-0.25, -0.2) is 0 Å². The van der Waals surface area contributed by atoms with Crippen LogP contribution in [-0.4, -0.2) is 22.9 Å². The van der Waals surface area contributed by atoms with Crippen LogP contribution in [0, 0.1) is 0 Å². The lowest BCUT2D eigenvalue weighted by molar-refractivity contribution is -0.0441. The van der Waals surface area contributed by atoms with Gasteiger partial charge in [0, 0.05) is 12.8 Å². The van der Waals surface area contributed by atoms with Crippen molar-refractivity contribution in [3.8, 4) is 5.75 Å². The summed E-state index contributed by atoms with van der Waals surface area (Å²) in [5.41, 5.74) is -0.706. The molecule has 0 amide bonds. The van der Waals surface area contributed by atoms with Gasteiger partial charge in [0.05, 0.1) is 18.0 Å². The zero-order valence-electron chi connectivity index (χ0n) is 13.0. The minimum Gasteiger partial charge on any atom is -0.513 e. The molecule has 0 aromatic heterocycles. The lowest BCUT2D eigenvalue weighted by Crippen LogP contribution is -2.33. The van der Waals surface area contributed by atoms with Crippen LogP contribution in [0.3, 0.4) is 0 Å². The van der Waals surface area contributed by atoms with Gasteiger partial charge in [0.25, 0.3) is 0 Å². The Morgan fingerprint density at radius 1 is 1.10 bits per heavy atom. The van der Waals surface area contributed by atoms with Crippen molar-refractivity contribution in [1.82, 2.24) is 0 Å². The van der Waals surface area contributed by atoms with E-state index >= 15 is 0 Å². The van der Waals surface area contributed by atoms with Gasteiger partial charge in [-0.05, 0) is 39.8 Å². The molecular weight excluding hydrogens is 252 g/mol. The van der Waals surface area contributed by atoms with Gasteiger partial charge < -0.3 is 14.6 Å². The number of ether oxygens (including phenoxy) is 2. The number of rotatable bonds is 8. The van der Waals surface area contributed by atoms with Crippen molar-refractivity contribution < 1.29 is 14.6 Å². The first kappa shape index (κ1) is 16.6. The zero-order chi connectivity index (χ0) is 15.2. The molecule has 1 rings (SSSR count). The second kappa shape index (κ2) is 6.80. The van der Waals surface area contributed by atoms with Crippen molar-refractivity contribution in [2.45, 2.75) is 51.7 Å². The van der Waals surface area contributed by atoms with E-state index in [2.05, 4.69) is 6.58 Å². The topological polar surface area (TPSA) is 38.7 Å². The molecule has 0 heterocycles. The molecule has 20 heavy (non-hydrogen) atoms. The zero-order valence-corrected chi connectivity index (χ0v) is 13.0. The van der Waals surface area contributed by atoms with Crippen molar-refractivity contribution in [3.63, 3.8) is 0 Å². The lowest BCUT2D eigenvalue weighted by Gasteiger charge is -2.30. The highest BCUT2D eigenvalue weighted by molar-refractivity contribution is 5.21. The van der Waals surface area contributed by atoms with Crippen LogP contribution in [0.1, 0.15) is 40.5 Å². The minimum atomic E-state index is -0.408. The van der Waals surface area contributed by atoms with Crippen LogP contribution in [0.25, 0.3) is 0 Å². The Bertz CT molecular complexity index is 421. The summed E-state index contributed by atoms with van der Waals surface area (Å²) in [7, 11) is 0. The van der Waals surface area contributed by atoms with E-state index < -0.39 is 5.60 Å². The van der Waals surface area contributed by atoms with Crippen molar-refractivity contribution in [2.75, 3.05) is 6.61 Å². The quantitative estimate of drug-likeness (QED) is 0.712. The van der Waals surface area contributed by atoms with Crippen LogP contribution in [0.5, 0.6) is 5.75 Å². The third kappa shape index (κ3) is 6.62. The summed E-state index contributed by atoms with van der Waals surface area (Å²) in [6.45, 7) is 12.0. The molecule has 0 unspecified atom stereocenters. The van der Waals surface area contributed by atoms with Crippen LogP contribution in [0.4, 0.5) is 0 Å². The number of aliphatic hydroxyl groups is 1. The Labute approximate surface area is 122 Å². The molecule has 1 N–H and O–H groups in total. The van der Waals surface area contributed by atoms with Crippen molar-refractivity contribution in [2.24, 2.45) is 0 Å². The van der Waals surface area contributed by atoms with E-state index in [1.54, 1.807) is 0 Å². The molecule has 0 saturated heterocycles. The maximum Gasteiger partial charge on any atom is 0.120 e. The molecule has 3 nitrogen and oxygen atoms in total. The highest BCUT2D eigenvalue weighted by atomic mass is 16.5. The van der Waals surface area contributed by atoms with Crippen LogP contribution in [-0.2, 0) is 4.74 Å². The monoisotopic (exact) mass is 278 g/mol. The smallest absolute Gasteiger partial charge is 0.120 e. The number of hydrogen-bond acceptors (Lipinski definition) is 3. The van der Waals surface area contributed by atoms with E-state index in [9.17, 15) is 5.11 Å². The molecule has 1 aromatic rings. The fourth-order valence-electron chi connectivity index (χ4n) is 1.97. The fraction of sp³-hybridized carbons (Fsp3) is 0.529. The average Bonchev–Trinajstić information content (AvgIpc) is 2.26. The number of hydrogen-bond donors (Lipinski definition) is 1. The Morgan fingerprint density at radius 2 is 1.70 bits per heavy atom. The normalized spacial score (nSPS) is 12.2. The van der Waals surface area contributed by atoms with E-state index in [4.69, 9.17) is 9.47 Å². The summed E-state index contributed by atoms with van der Waals surface area (Å²) in [4.78, 5) is 0. The molecule has 0 aliphatic heterocycles. The Hall–Kier alpha value is -1.48. The molecule has 1 aromatic carbocycles. The summed E-state index contributed by atoms with van der Waals surface area (Å²) in [5.74, 6) is 1.01. The van der Waals surface area contributed by atoms with Gasteiger partial charge in [0.1, 0.15) is 11.4 Å². The van der Waals surface area contributed by atoms with Gasteiger partial charge >= 0.3 is 0 Å². The summed E-state index contributed by atoms with van der Waals surface area (Å²) in [6.07, 6.45) is 1.20. The van der Waals surface area contributed by atoms with Crippen molar-refractivity contribution >= 4 is 0 Å². The maximum absolute atomic E-state index is 9.24. The van der Waals surface area contributed by atoms with E-state index in [1.807, 2.05) is 58.0 Å². The third-order valence-electron chi connectivity index (χ3n) is 2.96. The Morgan fingerprint density at radius 3 is 2.25 bits per heavy atom. The highest BCUT2D eigenvalue weighted by Crippen LogP contribution is 2.23. The standard InChI is InChI=1S/C17H26O3/c1-14(18)13-17(4,5)19-12-11-16(2,3)20-15-9-7-6-8-10-15/h6-10,18H,1,11-13H2,2-5H3. The van der Waals surface area contributed by atoms with Gasteiger partial charge in [0.15, 0.2) is 0 Å². The second-order valence-electron chi connectivity index (χ2n) is 6.28. The predicted octanol–water partition coefficient (Wildman–Crippen LogP) is 4.49. The van der Waals surface area contributed by atoms with E-state index in [0.717, 1.165) is 12.2 Å². The summed E-state index contributed by atoms with van der Waals surface area (Å²) in [5, 5.41) is 9.24. The van der Waals surface area contributed by atoms with Gasteiger partial charge in [0.2, 0.25) is 0 Å². The van der Waals surface area contributed by atoms with Crippen molar-refractivity contribution in [3.05, 3.63) is 42.7 Å². The Balaban J connectivity index is 2.42. The average molecular weight is 278 g/mol. The fourth-order valence-corrected chi connectivity index (χ4v) is 1.97. The largest absolute Gasteiger partial charge is 0.513 e. The Kier molecular flexibility index (Phi) is 5.63. The summed E-state index contributed by atoms with van der Waals surface area (Å²) in [6, 6.07) is 9.77. The first-order valence-corrected chi connectivity index (χ1v) is 6.95. The van der Waals surface area contributed by atoms with E-state index in [1.165, 1.54) is 0 Å². The summed E-state index contributed by atoms with van der Waals surface area (Å²) < 4.78 is 11.8. The van der Waals surface area contributed by atoms with Gasteiger partial charge in [-0.3, -0.25) is 0 Å². The van der Waals surface area contributed by atoms with E-state index in [-0.39, 0.29) is 11.4 Å². The van der Waals surface area contributed by atoms with Gasteiger partial charge in [-0.15, -0.1) is 0 Å². The van der Waals surface area contributed by atoms with Gasteiger partial charge in [-0.1, -0.05) is 24.8 Å². The summed E-state index contributed by atoms with van der Waals surface area (Å²) >= 11 is 0. The third-order valence-corrected chi connectivity index (χ3v) is 2.96. The van der Waals surface area contributed by atoms with E-state index in [0.29, 0.717) is 13.0 Å². The first-order chi connectivity index (χ1) is 9.20. The molecular formula is C17H26O3. The van der Waals surface area contributed by atoms with Crippen LogP contribution >= 0.6 is 0 Å². The molecule has 3 heteroatoms. The minimum absolute atomic E-state index is 0.148. The molecule has 0 saturated carbocycles. The highest BCUT2D eigenvalue weighted by Gasteiger charge is 2.24. The van der Waals surface area contributed by atoms with Gasteiger partial charge in [-0.2, -0.15) is 0 Å². The predicted molar refractivity (Wildman–Crippen MR) is 82.2 cm³/mol. The number of para-hydroxylation sites is 1. The molecule has 112 valence electrons. The number of aliphatic hydroxyl groups excluding tert-OH is 1. The number of benzene rings is 1. The second-order valence-corrected chi connectivity index (χ2v) is 6.28. The lowest BCUT2D eigenvalue weighted by atomic mass is 10.0. The SMILES string of the molecule is C=C(O)CC(C)(C)OCCC(C)(C)Oc1ccccc1. The molecule has 0 spiro atoms. The molecule has 0 aliphatic carbocycles. The first-order valence-electron chi connectivity index (χ1n) is 6.95. The molecule has 0 bridgehead atoms. The maximum atomic E-state index is 9.24. The van der Waals surface area contributed by atoms with Crippen molar-refractivity contribution in [1.29, 1.82) is 0 Å². The molecule has 0 fully saturated rings.